The van der Waals surface area contributed by atoms with Gasteiger partial charge in [0.1, 0.15) is 13.2 Å². The minimum absolute atomic E-state index is 0.0721. The number of nitrogens with one attached hydrogen (secondary N) is 2. The van der Waals surface area contributed by atoms with E-state index in [4.69, 9.17) is 23.7 Å². The average Bonchev–Trinajstić information content (AvgIpc) is 2.97. The lowest BCUT2D eigenvalue weighted by molar-refractivity contribution is -0.139. The van der Waals surface area contributed by atoms with Crippen LogP contribution in [0, 0.1) is 0 Å². The largest absolute Gasteiger partial charge is 0.508 e. The Hall–Kier alpha value is -3.76. The maximum absolute atomic E-state index is 12.5. The molecule has 0 aliphatic rings. The summed E-state index contributed by atoms with van der Waals surface area (Å²) in [6, 6.07) is 7.51. The van der Waals surface area contributed by atoms with Crippen molar-refractivity contribution in [2.24, 2.45) is 0 Å². The van der Waals surface area contributed by atoms with E-state index in [1.54, 1.807) is 0 Å². The standard InChI is InChI=1S/C34H54N2O9/c1-8-9-10-11-15-21-44-32(40)45-22-16-13-12-14-20-42-30(38)35-33(4,5)27-18-17-19-28(25-27)34(6,7)36-31(39)43-24-23-41-29(37)26(2)3/h17-19,25H,2,8-16,20-24H2,1,3-7H3,(H,35,38)(H,36,39). The summed E-state index contributed by atoms with van der Waals surface area (Å²) in [6.07, 6.45) is 6.74. The third-order valence-electron chi connectivity index (χ3n) is 6.99. The Morgan fingerprint density at radius 3 is 1.53 bits per heavy atom. The van der Waals surface area contributed by atoms with Gasteiger partial charge in [-0.2, -0.15) is 0 Å². The summed E-state index contributed by atoms with van der Waals surface area (Å²) in [6.45, 7) is 15.4. The van der Waals surface area contributed by atoms with Crippen LogP contribution >= 0.6 is 0 Å². The van der Waals surface area contributed by atoms with Crippen molar-refractivity contribution in [1.82, 2.24) is 10.6 Å². The number of carbonyl (C=O) groups excluding carboxylic acids is 4. The lowest BCUT2D eigenvalue weighted by Gasteiger charge is -2.30. The molecule has 0 heterocycles. The van der Waals surface area contributed by atoms with E-state index in [-0.39, 0.29) is 25.4 Å². The summed E-state index contributed by atoms with van der Waals surface area (Å²) in [7, 11) is 0. The van der Waals surface area contributed by atoms with Crippen molar-refractivity contribution in [2.75, 3.05) is 33.0 Å². The Bertz CT molecular complexity index is 1090. The van der Waals surface area contributed by atoms with Crippen LogP contribution in [0.4, 0.5) is 14.4 Å². The van der Waals surface area contributed by atoms with E-state index in [1.165, 1.54) is 19.8 Å². The SMILES string of the molecule is C=C(C)C(=O)OCCOC(=O)NC(C)(C)c1cccc(C(C)(C)NC(=O)OCCCCCCOC(=O)OCCCCCCC)c1. The summed E-state index contributed by atoms with van der Waals surface area (Å²) in [5.41, 5.74) is 0.342. The van der Waals surface area contributed by atoms with Crippen LogP contribution < -0.4 is 10.6 Å². The summed E-state index contributed by atoms with van der Waals surface area (Å²) in [5, 5.41) is 5.72. The third kappa shape index (κ3) is 17.3. The Balaban J connectivity index is 2.35. The zero-order valence-electron chi connectivity index (χ0n) is 28.1. The predicted molar refractivity (Wildman–Crippen MR) is 172 cm³/mol. The number of unbranched alkanes of at least 4 members (excludes halogenated alkanes) is 7. The second-order valence-electron chi connectivity index (χ2n) is 12.0. The Labute approximate surface area is 268 Å². The second kappa shape index (κ2) is 21.1. The maximum Gasteiger partial charge on any atom is 0.508 e. The predicted octanol–water partition coefficient (Wildman–Crippen LogP) is 7.41. The van der Waals surface area contributed by atoms with Gasteiger partial charge in [-0.1, -0.05) is 63.5 Å². The first kappa shape index (κ1) is 39.3. The molecule has 45 heavy (non-hydrogen) atoms. The normalized spacial score (nSPS) is 11.2. The monoisotopic (exact) mass is 634 g/mol. The van der Waals surface area contributed by atoms with Gasteiger partial charge >= 0.3 is 24.3 Å². The van der Waals surface area contributed by atoms with Gasteiger partial charge in [0.2, 0.25) is 0 Å². The van der Waals surface area contributed by atoms with Crippen molar-refractivity contribution >= 4 is 24.3 Å². The third-order valence-corrected chi connectivity index (χ3v) is 6.99. The zero-order valence-corrected chi connectivity index (χ0v) is 28.1. The summed E-state index contributed by atoms with van der Waals surface area (Å²) in [5.74, 6) is -0.544. The lowest BCUT2D eigenvalue weighted by Crippen LogP contribution is -2.43. The highest BCUT2D eigenvalue weighted by molar-refractivity contribution is 5.86. The van der Waals surface area contributed by atoms with Crippen LogP contribution in [0.1, 0.15) is 110 Å². The van der Waals surface area contributed by atoms with Gasteiger partial charge in [-0.15, -0.1) is 0 Å². The van der Waals surface area contributed by atoms with Crippen molar-refractivity contribution in [3.05, 3.63) is 47.5 Å². The first-order chi connectivity index (χ1) is 21.3. The molecule has 0 radical (unpaired) electrons. The van der Waals surface area contributed by atoms with E-state index >= 15 is 0 Å². The molecule has 11 nitrogen and oxygen atoms in total. The molecule has 2 N–H and O–H groups in total. The van der Waals surface area contributed by atoms with Gasteiger partial charge < -0.3 is 34.3 Å². The molecule has 0 saturated heterocycles. The van der Waals surface area contributed by atoms with Crippen molar-refractivity contribution in [1.29, 1.82) is 0 Å². The summed E-state index contributed by atoms with van der Waals surface area (Å²) >= 11 is 0. The van der Waals surface area contributed by atoms with E-state index in [0.717, 1.165) is 49.7 Å². The molecule has 1 aromatic carbocycles. The molecule has 11 heteroatoms. The fourth-order valence-electron chi connectivity index (χ4n) is 4.20. The molecular formula is C34H54N2O9. The van der Waals surface area contributed by atoms with Crippen LogP contribution in [0.3, 0.4) is 0 Å². The maximum atomic E-state index is 12.5. The van der Waals surface area contributed by atoms with E-state index in [0.29, 0.717) is 19.6 Å². The number of esters is 1. The molecule has 1 rings (SSSR count). The molecular weight excluding hydrogens is 580 g/mol. The fourth-order valence-corrected chi connectivity index (χ4v) is 4.20. The Morgan fingerprint density at radius 2 is 1.07 bits per heavy atom. The fraction of sp³-hybridized carbons (Fsp3) is 0.647. The molecule has 0 unspecified atom stereocenters. The molecule has 0 aliphatic carbocycles. The molecule has 0 spiro atoms. The van der Waals surface area contributed by atoms with E-state index in [9.17, 15) is 19.2 Å². The summed E-state index contributed by atoms with van der Waals surface area (Å²) in [4.78, 5) is 47.9. The van der Waals surface area contributed by atoms with E-state index in [1.807, 2.05) is 52.0 Å². The van der Waals surface area contributed by atoms with E-state index in [2.05, 4.69) is 24.1 Å². The molecule has 0 bridgehead atoms. The van der Waals surface area contributed by atoms with Crippen molar-refractivity contribution in [3.63, 3.8) is 0 Å². The number of benzene rings is 1. The van der Waals surface area contributed by atoms with Gasteiger partial charge in [0, 0.05) is 5.57 Å². The Morgan fingerprint density at radius 1 is 0.644 bits per heavy atom. The minimum Gasteiger partial charge on any atom is -0.459 e. The van der Waals surface area contributed by atoms with Crippen molar-refractivity contribution in [3.8, 4) is 0 Å². The number of hydrogen-bond donors (Lipinski definition) is 2. The van der Waals surface area contributed by atoms with Gasteiger partial charge in [0.25, 0.3) is 0 Å². The molecule has 1 aromatic rings. The number of alkyl carbamates (subject to hydrolysis) is 2. The van der Waals surface area contributed by atoms with Gasteiger partial charge in [-0.05, 0) is 77.8 Å². The average molecular weight is 635 g/mol. The molecule has 0 atom stereocenters. The van der Waals surface area contributed by atoms with Crippen LogP contribution in [-0.2, 0) is 39.6 Å². The number of ether oxygens (including phenoxy) is 5. The highest BCUT2D eigenvalue weighted by atomic mass is 16.7. The smallest absolute Gasteiger partial charge is 0.459 e. The van der Waals surface area contributed by atoms with E-state index < -0.39 is 35.4 Å². The highest BCUT2D eigenvalue weighted by Crippen LogP contribution is 2.27. The van der Waals surface area contributed by atoms with Crippen molar-refractivity contribution in [2.45, 2.75) is 110 Å². The minimum atomic E-state index is -0.794. The molecule has 2 amide bonds. The second-order valence-corrected chi connectivity index (χ2v) is 12.0. The molecule has 0 fully saturated rings. The molecule has 0 aliphatic heterocycles. The van der Waals surface area contributed by atoms with Crippen LogP contribution in [-0.4, -0.2) is 57.3 Å². The summed E-state index contributed by atoms with van der Waals surface area (Å²) < 4.78 is 25.6. The van der Waals surface area contributed by atoms with Crippen LogP contribution in [0.5, 0.6) is 0 Å². The molecule has 0 aromatic heterocycles. The Kier molecular flexibility index (Phi) is 18.4. The number of hydrogen-bond acceptors (Lipinski definition) is 9. The topological polar surface area (TPSA) is 138 Å². The van der Waals surface area contributed by atoms with Gasteiger partial charge in [-0.25, -0.2) is 19.2 Å². The molecule has 254 valence electrons. The van der Waals surface area contributed by atoms with Crippen LogP contribution in [0.25, 0.3) is 0 Å². The number of amides is 2. The number of rotatable bonds is 21. The highest BCUT2D eigenvalue weighted by Gasteiger charge is 2.28. The van der Waals surface area contributed by atoms with Crippen molar-refractivity contribution < 1.29 is 42.9 Å². The lowest BCUT2D eigenvalue weighted by atomic mass is 9.87. The van der Waals surface area contributed by atoms with Gasteiger partial charge in [0.05, 0.1) is 30.9 Å². The molecule has 0 saturated carbocycles. The van der Waals surface area contributed by atoms with Crippen LogP contribution in [0.15, 0.2) is 36.4 Å². The first-order valence-electron chi connectivity index (χ1n) is 15.9. The first-order valence-corrected chi connectivity index (χ1v) is 15.9. The van der Waals surface area contributed by atoms with Gasteiger partial charge in [-0.3, -0.25) is 0 Å². The zero-order chi connectivity index (χ0) is 33.7. The quantitative estimate of drug-likeness (QED) is 0.0612. The van der Waals surface area contributed by atoms with Crippen LogP contribution in [0.2, 0.25) is 0 Å². The number of carbonyl (C=O) groups is 4. The van der Waals surface area contributed by atoms with Gasteiger partial charge in [0.15, 0.2) is 0 Å².